The van der Waals surface area contributed by atoms with Crippen molar-refractivity contribution in [2.24, 2.45) is 0 Å². The summed E-state index contributed by atoms with van der Waals surface area (Å²) in [5.74, 6) is 0. The van der Waals surface area contributed by atoms with Crippen LogP contribution in [-0.2, 0) is 0 Å². The van der Waals surface area contributed by atoms with Crippen molar-refractivity contribution in [1.82, 2.24) is 0 Å². The summed E-state index contributed by atoms with van der Waals surface area (Å²) in [5, 5.41) is 0.159. The third-order valence-electron chi connectivity index (χ3n) is 4.58. The monoisotopic (exact) mass is 368 g/mol. The van der Waals surface area contributed by atoms with E-state index in [0.29, 0.717) is 0 Å². The van der Waals surface area contributed by atoms with E-state index in [9.17, 15) is 4.79 Å². The third kappa shape index (κ3) is 3.09. The van der Waals surface area contributed by atoms with E-state index in [2.05, 4.69) is 36.4 Å². The molecule has 0 N–H and O–H groups in total. The summed E-state index contributed by atoms with van der Waals surface area (Å²) in [5.41, 5.74) is 0.740. The molecule has 4 rings (SSSR count). The molecule has 2 heteroatoms. The number of carbonyl (C=O) groups is 1. The Labute approximate surface area is 161 Å². The summed E-state index contributed by atoms with van der Waals surface area (Å²) in [4.78, 5) is 17.3. The first-order valence-corrected chi connectivity index (χ1v) is 10.5. The molecule has 0 unspecified atom stereocenters. The summed E-state index contributed by atoms with van der Waals surface area (Å²) in [6.07, 6.45) is 0. The Morgan fingerprint density at radius 2 is 0.741 bits per heavy atom. The lowest BCUT2D eigenvalue weighted by molar-refractivity contribution is 0.108. The molecular formula is C25H20OS. The highest BCUT2D eigenvalue weighted by Crippen LogP contribution is 2.69. The van der Waals surface area contributed by atoms with Gasteiger partial charge < -0.3 is 0 Å². The normalized spacial score (nSPS) is 11.7. The van der Waals surface area contributed by atoms with Crippen LogP contribution in [0.4, 0.5) is 0 Å². The van der Waals surface area contributed by atoms with E-state index in [1.165, 1.54) is 0 Å². The molecule has 0 radical (unpaired) electrons. The van der Waals surface area contributed by atoms with E-state index in [-0.39, 0.29) is 5.12 Å². The van der Waals surface area contributed by atoms with E-state index in [1.54, 1.807) is 0 Å². The summed E-state index contributed by atoms with van der Waals surface area (Å²) < 4.78 is 0. The highest BCUT2D eigenvalue weighted by atomic mass is 32.3. The van der Waals surface area contributed by atoms with Gasteiger partial charge in [0.1, 0.15) is 0 Å². The van der Waals surface area contributed by atoms with Gasteiger partial charge in [-0.05, 0) is 36.4 Å². The van der Waals surface area contributed by atoms with Crippen LogP contribution >= 0.6 is 10.0 Å². The van der Waals surface area contributed by atoms with Gasteiger partial charge in [-0.1, -0.05) is 95.0 Å². The Morgan fingerprint density at radius 1 is 0.444 bits per heavy atom. The van der Waals surface area contributed by atoms with Crippen molar-refractivity contribution in [2.45, 2.75) is 14.7 Å². The van der Waals surface area contributed by atoms with E-state index in [1.807, 2.05) is 84.9 Å². The Hall–Kier alpha value is -3.10. The fourth-order valence-corrected chi connectivity index (χ4v) is 7.00. The quantitative estimate of drug-likeness (QED) is 0.387. The molecule has 132 valence electrons. The SMILES string of the molecule is O=C(c1ccccc1)S(c1ccccc1)(c1ccccc1)c1ccccc1. The van der Waals surface area contributed by atoms with Crippen molar-refractivity contribution >= 4 is 15.1 Å². The molecule has 0 heterocycles. The molecule has 0 aliphatic carbocycles. The van der Waals surface area contributed by atoms with Crippen molar-refractivity contribution in [3.63, 3.8) is 0 Å². The second kappa shape index (κ2) is 7.65. The molecule has 27 heavy (non-hydrogen) atoms. The van der Waals surface area contributed by atoms with E-state index in [0.717, 1.165) is 20.2 Å². The highest BCUT2D eigenvalue weighted by molar-refractivity contribution is 8.45. The molecule has 4 aromatic rings. The van der Waals surface area contributed by atoms with Crippen LogP contribution in [0.3, 0.4) is 0 Å². The predicted octanol–water partition coefficient (Wildman–Crippen LogP) is 6.81. The zero-order valence-corrected chi connectivity index (χ0v) is 15.7. The molecule has 0 aromatic heterocycles. The first kappa shape index (κ1) is 17.3. The molecule has 0 saturated heterocycles. The molecule has 0 bridgehead atoms. The van der Waals surface area contributed by atoms with Crippen LogP contribution in [0, 0.1) is 0 Å². The maximum atomic E-state index is 14.1. The summed E-state index contributed by atoms with van der Waals surface area (Å²) in [6, 6.07) is 40.2. The topological polar surface area (TPSA) is 17.1 Å². The van der Waals surface area contributed by atoms with Gasteiger partial charge in [-0.2, -0.15) is 0 Å². The van der Waals surface area contributed by atoms with Crippen molar-refractivity contribution in [1.29, 1.82) is 0 Å². The van der Waals surface area contributed by atoms with Gasteiger partial charge in [-0.25, -0.2) is 0 Å². The zero-order valence-electron chi connectivity index (χ0n) is 14.9. The number of rotatable bonds is 4. The van der Waals surface area contributed by atoms with Crippen LogP contribution in [-0.4, -0.2) is 5.12 Å². The largest absolute Gasteiger partial charge is 0.282 e. The number of hydrogen-bond donors (Lipinski definition) is 0. The summed E-state index contributed by atoms with van der Waals surface area (Å²) >= 11 is 0. The first-order chi connectivity index (χ1) is 13.3. The molecule has 0 aliphatic rings. The number of benzene rings is 4. The zero-order chi connectivity index (χ0) is 18.5. The lowest BCUT2D eigenvalue weighted by atomic mass is 10.2. The fraction of sp³-hybridized carbons (Fsp3) is 0. The Bertz CT molecular complexity index is 916. The minimum absolute atomic E-state index is 0.159. The number of hydrogen-bond acceptors (Lipinski definition) is 1. The molecule has 0 aliphatic heterocycles. The van der Waals surface area contributed by atoms with Gasteiger partial charge in [0, 0.05) is 20.2 Å². The Kier molecular flexibility index (Phi) is 4.91. The van der Waals surface area contributed by atoms with E-state index in [4.69, 9.17) is 0 Å². The number of carbonyl (C=O) groups excluding carboxylic acids is 1. The van der Waals surface area contributed by atoms with Gasteiger partial charge in [-0.15, -0.1) is 0 Å². The Morgan fingerprint density at radius 3 is 1.07 bits per heavy atom. The van der Waals surface area contributed by atoms with Crippen molar-refractivity contribution in [3.8, 4) is 0 Å². The van der Waals surface area contributed by atoms with Crippen LogP contribution in [0.2, 0.25) is 0 Å². The minimum Gasteiger partial charge on any atom is -0.282 e. The minimum atomic E-state index is -2.10. The van der Waals surface area contributed by atoms with Gasteiger partial charge in [0.2, 0.25) is 5.12 Å². The predicted molar refractivity (Wildman–Crippen MR) is 112 cm³/mol. The first-order valence-electron chi connectivity index (χ1n) is 8.91. The lowest BCUT2D eigenvalue weighted by Gasteiger charge is -2.39. The second-order valence-corrected chi connectivity index (χ2v) is 9.21. The maximum Gasteiger partial charge on any atom is 0.214 e. The maximum absolute atomic E-state index is 14.1. The van der Waals surface area contributed by atoms with Gasteiger partial charge >= 0.3 is 0 Å². The van der Waals surface area contributed by atoms with Crippen LogP contribution in [0.25, 0.3) is 0 Å². The van der Waals surface area contributed by atoms with Crippen molar-refractivity contribution in [3.05, 3.63) is 127 Å². The molecule has 1 nitrogen and oxygen atoms in total. The third-order valence-corrected chi connectivity index (χ3v) is 8.31. The summed E-state index contributed by atoms with van der Waals surface area (Å²) in [7, 11) is -2.10. The molecule has 0 saturated carbocycles. The molecule has 0 fully saturated rings. The highest BCUT2D eigenvalue weighted by Gasteiger charge is 2.38. The average molecular weight is 369 g/mol. The van der Waals surface area contributed by atoms with Gasteiger partial charge in [0.25, 0.3) is 0 Å². The summed E-state index contributed by atoms with van der Waals surface area (Å²) in [6.45, 7) is 0. The molecule has 0 atom stereocenters. The van der Waals surface area contributed by atoms with E-state index >= 15 is 0 Å². The van der Waals surface area contributed by atoms with Crippen molar-refractivity contribution in [2.75, 3.05) is 0 Å². The van der Waals surface area contributed by atoms with Crippen LogP contribution in [0.1, 0.15) is 10.4 Å². The standard InChI is InChI=1S/C25H20OS/c26-25(21-13-5-1-6-14-21)27(22-15-7-2-8-16-22,23-17-9-3-10-18-23)24-19-11-4-12-20-24/h1-20H. The average Bonchev–Trinajstić information content (AvgIpc) is 2.77. The van der Waals surface area contributed by atoms with Crippen LogP contribution < -0.4 is 0 Å². The fourth-order valence-electron chi connectivity index (χ4n) is 3.35. The molecule has 0 spiro atoms. The van der Waals surface area contributed by atoms with Crippen LogP contribution in [0.5, 0.6) is 0 Å². The smallest absolute Gasteiger partial charge is 0.214 e. The molecule has 4 aromatic carbocycles. The van der Waals surface area contributed by atoms with E-state index < -0.39 is 10.0 Å². The van der Waals surface area contributed by atoms with Crippen molar-refractivity contribution < 1.29 is 4.79 Å². The van der Waals surface area contributed by atoms with Crippen LogP contribution in [0.15, 0.2) is 136 Å². The molecule has 0 amide bonds. The van der Waals surface area contributed by atoms with Gasteiger partial charge in [0.15, 0.2) is 0 Å². The molecular weight excluding hydrogens is 348 g/mol. The second-order valence-electron chi connectivity index (χ2n) is 6.21. The lowest BCUT2D eigenvalue weighted by Crippen LogP contribution is -2.15. The van der Waals surface area contributed by atoms with Gasteiger partial charge in [0.05, 0.1) is 0 Å². The Balaban J connectivity index is 2.08. The van der Waals surface area contributed by atoms with Gasteiger partial charge in [-0.3, -0.25) is 4.79 Å².